The fourth-order valence-corrected chi connectivity index (χ4v) is 2.73. The first-order valence-corrected chi connectivity index (χ1v) is 7.20. The van der Waals surface area contributed by atoms with Crippen molar-refractivity contribution < 1.29 is 0 Å². The lowest BCUT2D eigenvalue weighted by molar-refractivity contribution is 1.49. The molecule has 3 rings (SSSR count). The van der Waals surface area contributed by atoms with Gasteiger partial charge in [-0.05, 0) is 39.3 Å². The van der Waals surface area contributed by atoms with Gasteiger partial charge in [-0.25, -0.2) is 0 Å². The number of benzene rings is 3. The van der Waals surface area contributed by atoms with Gasteiger partial charge in [0.15, 0.2) is 0 Å². The Morgan fingerprint density at radius 3 is 2.38 bits per heavy atom. The van der Waals surface area contributed by atoms with Crippen molar-refractivity contribution >= 4 is 22.9 Å². The summed E-state index contributed by atoms with van der Waals surface area (Å²) in [7, 11) is 0. The molecule has 0 saturated heterocycles. The monoisotopic (exact) mass is 270 g/mol. The second-order valence-electron chi connectivity index (χ2n) is 5.10. The van der Waals surface area contributed by atoms with E-state index in [1.165, 1.54) is 27.1 Å². The Hall–Kier alpha value is -2.60. The van der Waals surface area contributed by atoms with Crippen molar-refractivity contribution in [2.75, 3.05) is 0 Å². The van der Waals surface area contributed by atoms with Crippen LogP contribution in [0.3, 0.4) is 0 Å². The van der Waals surface area contributed by atoms with Crippen LogP contribution in [0.4, 0.5) is 0 Å². The first-order chi connectivity index (χ1) is 10.3. The van der Waals surface area contributed by atoms with E-state index in [4.69, 9.17) is 0 Å². The molecule has 3 aromatic carbocycles. The van der Waals surface area contributed by atoms with Gasteiger partial charge < -0.3 is 0 Å². The summed E-state index contributed by atoms with van der Waals surface area (Å²) < 4.78 is 0. The summed E-state index contributed by atoms with van der Waals surface area (Å²) in [6.07, 6.45) is 4.26. The van der Waals surface area contributed by atoms with E-state index in [1.54, 1.807) is 0 Å². The zero-order valence-electron chi connectivity index (χ0n) is 12.2. The Kier molecular flexibility index (Phi) is 3.70. The topological polar surface area (TPSA) is 0 Å². The molecule has 0 spiro atoms. The Labute approximate surface area is 125 Å². The molecule has 0 saturated carbocycles. The van der Waals surface area contributed by atoms with E-state index in [9.17, 15) is 0 Å². The zero-order valence-corrected chi connectivity index (χ0v) is 12.2. The lowest BCUT2D eigenvalue weighted by atomic mass is 9.95. The van der Waals surface area contributed by atoms with Crippen molar-refractivity contribution in [1.29, 1.82) is 0 Å². The molecule has 0 atom stereocenters. The maximum Gasteiger partial charge on any atom is -0.00993 e. The van der Waals surface area contributed by atoms with E-state index >= 15 is 0 Å². The van der Waals surface area contributed by atoms with Crippen LogP contribution in [0.15, 0.2) is 78.9 Å². The van der Waals surface area contributed by atoms with Gasteiger partial charge in [0.25, 0.3) is 0 Å². The number of allylic oxidation sites excluding steroid dienone is 2. The minimum Gasteiger partial charge on any atom is -0.0911 e. The third kappa shape index (κ3) is 2.53. The molecule has 0 N–H and O–H groups in total. The molecule has 0 aromatic heterocycles. The molecular weight excluding hydrogens is 252 g/mol. The molecule has 0 radical (unpaired) electrons. The van der Waals surface area contributed by atoms with Crippen LogP contribution in [0.5, 0.6) is 0 Å². The maximum atomic E-state index is 4.17. The Balaban J connectivity index is 2.46. The highest BCUT2D eigenvalue weighted by Gasteiger charge is 2.04. The van der Waals surface area contributed by atoms with E-state index in [2.05, 4.69) is 86.3 Å². The normalized spacial score (nSPS) is 12.8. The van der Waals surface area contributed by atoms with E-state index < -0.39 is 0 Å². The van der Waals surface area contributed by atoms with Crippen LogP contribution in [0.25, 0.3) is 22.9 Å². The van der Waals surface area contributed by atoms with Gasteiger partial charge >= 0.3 is 0 Å². The van der Waals surface area contributed by atoms with Crippen LogP contribution in [0, 0.1) is 0 Å². The van der Waals surface area contributed by atoms with Crippen molar-refractivity contribution in [3.05, 3.63) is 94.9 Å². The van der Waals surface area contributed by atoms with Gasteiger partial charge in [0.2, 0.25) is 0 Å². The van der Waals surface area contributed by atoms with Crippen molar-refractivity contribution in [2.45, 2.75) is 6.92 Å². The quantitative estimate of drug-likeness (QED) is 0.659. The highest BCUT2D eigenvalue weighted by molar-refractivity contribution is 5.95. The molecule has 0 fully saturated rings. The fraction of sp³-hybridized carbons (Fsp3) is 0.0476. The molecule has 0 aliphatic heterocycles. The van der Waals surface area contributed by atoms with E-state index in [1.807, 2.05) is 6.07 Å². The Morgan fingerprint density at radius 1 is 0.857 bits per heavy atom. The summed E-state index contributed by atoms with van der Waals surface area (Å²) in [6, 6.07) is 23.3. The Bertz CT molecular complexity index is 909. The molecule has 0 aliphatic carbocycles. The van der Waals surface area contributed by atoms with Gasteiger partial charge in [-0.3, -0.25) is 0 Å². The highest BCUT2D eigenvalue weighted by atomic mass is 14.1. The molecule has 21 heavy (non-hydrogen) atoms. The lowest BCUT2D eigenvalue weighted by Gasteiger charge is -2.08. The second kappa shape index (κ2) is 5.80. The van der Waals surface area contributed by atoms with Crippen molar-refractivity contribution in [1.82, 2.24) is 0 Å². The van der Waals surface area contributed by atoms with Crippen LogP contribution >= 0.6 is 0 Å². The van der Waals surface area contributed by atoms with Crippen LogP contribution in [-0.2, 0) is 0 Å². The average molecular weight is 270 g/mol. The molecule has 0 heteroatoms. The highest BCUT2D eigenvalue weighted by Crippen LogP contribution is 2.24. The number of hydrogen-bond donors (Lipinski definition) is 0. The van der Waals surface area contributed by atoms with E-state index in [0.717, 1.165) is 5.22 Å². The van der Waals surface area contributed by atoms with Crippen LogP contribution < -0.4 is 10.4 Å². The standard InChI is InChI=1S/C21H18/c1-3-9-20(18-13-6-4-10-16(18)2)21-15-8-12-17-11-5-7-14-19(17)21/h3-15H,2H2,1H3/b9-3-,20-18+. The number of rotatable bonds is 2. The molecule has 0 nitrogen and oxygen atoms in total. The smallest absolute Gasteiger partial charge is 0.00993 e. The SMILES string of the molecule is C=c1cccc/c1=C(/C=C\C)c1cccc2ccccc12. The minimum absolute atomic E-state index is 1.05. The first kappa shape index (κ1) is 13.4. The summed E-state index contributed by atoms with van der Waals surface area (Å²) in [5.74, 6) is 0. The third-order valence-corrected chi connectivity index (χ3v) is 3.72. The average Bonchev–Trinajstić information content (AvgIpc) is 2.53. The van der Waals surface area contributed by atoms with E-state index in [-0.39, 0.29) is 0 Å². The second-order valence-corrected chi connectivity index (χ2v) is 5.10. The molecule has 102 valence electrons. The van der Waals surface area contributed by atoms with Gasteiger partial charge in [-0.2, -0.15) is 0 Å². The summed E-state index contributed by atoms with van der Waals surface area (Å²) >= 11 is 0. The van der Waals surface area contributed by atoms with Gasteiger partial charge in [0.1, 0.15) is 0 Å². The van der Waals surface area contributed by atoms with Gasteiger partial charge in [-0.1, -0.05) is 85.5 Å². The van der Waals surface area contributed by atoms with Crippen LogP contribution in [0.1, 0.15) is 12.5 Å². The summed E-state index contributed by atoms with van der Waals surface area (Å²) in [5.41, 5.74) is 2.47. The lowest BCUT2D eigenvalue weighted by Crippen LogP contribution is -2.24. The van der Waals surface area contributed by atoms with Crippen LogP contribution in [0.2, 0.25) is 0 Å². The van der Waals surface area contributed by atoms with Crippen molar-refractivity contribution in [3.8, 4) is 0 Å². The minimum atomic E-state index is 1.05. The number of hydrogen-bond acceptors (Lipinski definition) is 0. The number of fused-ring (bicyclic) bond motifs is 1. The summed E-state index contributed by atoms with van der Waals surface area (Å²) in [6.45, 7) is 6.23. The van der Waals surface area contributed by atoms with Gasteiger partial charge in [-0.15, -0.1) is 0 Å². The molecule has 0 aliphatic rings. The zero-order chi connectivity index (χ0) is 14.7. The Morgan fingerprint density at radius 2 is 1.57 bits per heavy atom. The van der Waals surface area contributed by atoms with Crippen molar-refractivity contribution in [2.24, 2.45) is 0 Å². The van der Waals surface area contributed by atoms with E-state index in [0.29, 0.717) is 0 Å². The molecule has 0 bridgehead atoms. The molecule has 3 aromatic rings. The summed E-state index contributed by atoms with van der Waals surface area (Å²) in [4.78, 5) is 0. The predicted octanol–water partition coefficient (Wildman–Crippen LogP) is 4.03. The first-order valence-electron chi connectivity index (χ1n) is 7.20. The van der Waals surface area contributed by atoms with Gasteiger partial charge in [0, 0.05) is 0 Å². The molecule has 0 amide bonds. The predicted molar refractivity (Wildman–Crippen MR) is 92.5 cm³/mol. The van der Waals surface area contributed by atoms with Gasteiger partial charge in [0.05, 0.1) is 0 Å². The summed E-state index contributed by atoms with van der Waals surface area (Å²) in [5, 5.41) is 4.78. The largest absolute Gasteiger partial charge is 0.0911 e. The molecule has 0 heterocycles. The molecular formula is C21H18. The van der Waals surface area contributed by atoms with Crippen molar-refractivity contribution in [3.63, 3.8) is 0 Å². The molecule has 0 unspecified atom stereocenters. The fourth-order valence-electron chi connectivity index (χ4n) is 2.73. The maximum absolute atomic E-state index is 4.17. The third-order valence-electron chi connectivity index (χ3n) is 3.72. The van der Waals surface area contributed by atoms with Crippen LogP contribution in [-0.4, -0.2) is 0 Å².